The molecule has 20 heavy (non-hydrogen) atoms. The second-order valence-electron chi connectivity index (χ2n) is 4.81. The Balaban J connectivity index is 4.01. The number of carboxylic acids is 1. The molecule has 0 heterocycles. The van der Waals surface area contributed by atoms with Crippen molar-refractivity contribution in [2.45, 2.75) is 52.1 Å². The van der Waals surface area contributed by atoms with Gasteiger partial charge in [0, 0.05) is 6.04 Å². The first-order valence-electron chi connectivity index (χ1n) is 6.75. The van der Waals surface area contributed by atoms with Gasteiger partial charge in [0.15, 0.2) is 6.04 Å². The summed E-state index contributed by atoms with van der Waals surface area (Å²) in [6.07, 6.45) is 1.84. The zero-order valence-electron chi connectivity index (χ0n) is 12.2. The Morgan fingerprint density at radius 3 is 2.35 bits per heavy atom. The summed E-state index contributed by atoms with van der Waals surface area (Å²) in [5.74, 6) is -2.57. The average molecular weight is 288 g/mol. The third kappa shape index (κ3) is 7.08. The van der Waals surface area contributed by atoms with Crippen molar-refractivity contribution >= 4 is 17.8 Å². The topological polar surface area (TPSA) is 119 Å². The van der Waals surface area contributed by atoms with Crippen molar-refractivity contribution in [2.75, 3.05) is 6.61 Å². The molecule has 0 aromatic heterocycles. The van der Waals surface area contributed by atoms with E-state index < -0.39 is 29.8 Å². The van der Waals surface area contributed by atoms with Gasteiger partial charge in [0.1, 0.15) is 0 Å². The molecule has 3 atom stereocenters. The van der Waals surface area contributed by atoms with Crippen LogP contribution in [0.1, 0.15) is 40.0 Å². The number of ether oxygens (including phenoxy) is 1. The molecule has 0 bridgehead atoms. The highest BCUT2D eigenvalue weighted by atomic mass is 16.5. The standard InChI is InChI=1S/C13H24N2O5/c1-4-20-13(19)10(14)11(16)15-9(3)7-5-6-8(2)12(17)18/h8-10H,4-7,14H2,1-3H3,(H,15,16)(H,17,18). The van der Waals surface area contributed by atoms with Crippen LogP contribution in [0.15, 0.2) is 0 Å². The Kier molecular flexibility index (Phi) is 8.54. The Labute approximate surface area is 118 Å². The fraction of sp³-hybridized carbons (Fsp3) is 0.769. The predicted octanol–water partition coefficient (Wildman–Crippen LogP) is 0.273. The Morgan fingerprint density at radius 2 is 1.85 bits per heavy atom. The maximum Gasteiger partial charge on any atom is 0.332 e. The summed E-state index contributed by atoms with van der Waals surface area (Å²) >= 11 is 0. The first-order chi connectivity index (χ1) is 9.29. The van der Waals surface area contributed by atoms with Crippen molar-refractivity contribution in [3.8, 4) is 0 Å². The second kappa shape index (κ2) is 9.30. The van der Waals surface area contributed by atoms with Crippen molar-refractivity contribution in [2.24, 2.45) is 11.7 Å². The average Bonchev–Trinajstić information content (AvgIpc) is 2.37. The summed E-state index contributed by atoms with van der Waals surface area (Å²) in [4.78, 5) is 33.6. The van der Waals surface area contributed by atoms with E-state index in [4.69, 9.17) is 10.8 Å². The van der Waals surface area contributed by atoms with Crippen molar-refractivity contribution in [3.05, 3.63) is 0 Å². The smallest absolute Gasteiger partial charge is 0.332 e. The molecular weight excluding hydrogens is 264 g/mol. The number of carbonyl (C=O) groups is 3. The second-order valence-corrected chi connectivity index (χ2v) is 4.81. The van der Waals surface area contributed by atoms with Crippen LogP contribution < -0.4 is 11.1 Å². The lowest BCUT2D eigenvalue weighted by molar-refractivity contribution is -0.148. The summed E-state index contributed by atoms with van der Waals surface area (Å²) in [5.41, 5.74) is 5.45. The van der Waals surface area contributed by atoms with E-state index in [9.17, 15) is 14.4 Å². The van der Waals surface area contributed by atoms with E-state index in [2.05, 4.69) is 10.1 Å². The molecular formula is C13H24N2O5. The van der Waals surface area contributed by atoms with E-state index in [0.29, 0.717) is 19.3 Å². The lowest BCUT2D eigenvalue weighted by atomic mass is 10.0. The molecule has 0 rings (SSSR count). The van der Waals surface area contributed by atoms with Gasteiger partial charge in [-0.15, -0.1) is 0 Å². The van der Waals surface area contributed by atoms with Gasteiger partial charge >= 0.3 is 11.9 Å². The molecule has 4 N–H and O–H groups in total. The van der Waals surface area contributed by atoms with Gasteiger partial charge in [-0.1, -0.05) is 13.3 Å². The molecule has 0 aromatic carbocycles. The van der Waals surface area contributed by atoms with E-state index in [1.165, 1.54) is 0 Å². The number of carboxylic acid groups (broad SMARTS) is 1. The fourth-order valence-corrected chi connectivity index (χ4v) is 1.60. The summed E-state index contributed by atoms with van der Waals surface area (Å²) in [6, 6.07) is -1.50. The number of amides is 1. The number of carbonyl (C=O) groups excluding carboxylic acids is 2. The maximum atomic E-state index is 11.6. The van der Waals surface area contributed by atoms with Crippen LogP contribution in [0.2, 0.25) is 0 Å². The van der Waals surface area contributed by atoms with Crippen molar-refractivity contribution < 1.29 is 24.2 Å². The summed E-state index contributed by atoms with van der Waals surface area (Å²) in [6.45, 7) is 5.22. The van der Waals surface area contributed by atoms with Crippen LogP contribution in [0.4, 0.5) is 0 Å². The minimum Gasteiger partial charge on any atom is -0.481 e. The summed E-state index contributed by atoms with van der Waals surface area (Å²) in [5, 5.41) is 11.3. The van der Waals surface area contributed by atoms with Crippen molar-refractivity contribution in [1.82, 2.24) is 5.32 Å². The summed E-state index contributed by atoms with van der Waals surface area (Å²) < 4.78 is 4.66. The molecule has 0 saturated heterocycles. The van der Waals surface area contributed by atoms with Crippen molar-refractivity contribution in [1.29, 1.82) is 0 Å². The van der Waals surface area contributed by atoms with Gasteiger partial charge in [0.05, 0.1) is 12.5 Å². The lowest BCUT2D eigenvalue weighted by Crippen LogP contribution is -2.49. The molecule has 0 aliphatic rings. The van der Waals surface area contributed by atoms with Crippen LogP contribution in [0.25, 0.3) is 0 Å². The van der Waals surface area contributed by atoms with Crippen LogP contribution in [0.5, 0.6) is 0 Å². The quantitative estimate of drug-likeness (QED) is 0.414. The minimum atomic E-state index is -1.32. The molecule has 0 aromatic rings. The normalized spacial score (nSPS) is 15.0. The lowest BCUT2D eigenvalue weighted by Gasteiger charge is -2.17. The van der Waals surface area contributed by atoms with E-state index in [1.807, 2.05) is 0 Å². The van der Waals surface area contributed by atoms with Crippen molar-refractivity contribution in [3.63, 3.8) is 0 Å². The van der Waals surface area contributed by atoms with Crippen LogP contribution in [-0.2, 0) is 19.1 Å². The van der Waals surface area contributed by atoms with Gasteiger partial charge in [-0.05, 0) is 26.7 Å². The molecule has 1 amide bonds. The fourth-order valence-electron chi connectivity index (χ4n) is 1.60. The highest BCUT2D eigenvalue weighted by molar-refractivity contribution is 6.01. The maximum absolute atomic E-state index is 11.6. The molecule has 7 heteroatoms. The molecule has 0 spiro atoms. The number of aliphatic carboxylic acids is 1. The molecule has 7 nitrogen and oxygen atoms in total. The van der Waals surface area contributed by atoms with Crippen LogP contribution in [0.3, 0.4) is 0 Å². The number of hydrogen-bond donors (Lipinski definition) is 3. The predicted molar refractivity (Wildman–Crippen MR) is 72.9 cm³/mol. The summed E-state index contributed by atoms with van der Waals surface area (Å²) in [7, 11) is 0. The van der Waals surface area contributed by atoms with Gasteiger partial charge < -0.3 is 20.9 Å². The largest absolute Gasteiger partial charge is 0.481 e. The molecule has 0 aliphatic carbocycles. The van der Waals surface area contributed by atoms with Crippen LogP contribution in [-0.4, -0.2) is 41.6 Å². The Hall–Kier alpha value is -1.63. The van der Waals surface area contributed by atoms with E-state index in [1.54, 1.807) is 20.8 Å². The number of esters is 1. The van der Waals surface area contributed by atoms with Crippen LogP contribution >= 0.6 is 0 Å². The van der Waals surface area contributed by atoms with Gasteiger partial charge in [-0.3, -0.25) is 9.59 Å². The molecule has 0 aliphatic heterocycles. The van der Waals surface area contributed by atoms with Gasteiger partial charge in [-0.25, -0.2) is 4.79 Å². The van der Waals surface area contributed by atoms with Gasteiger partial charge in [-0.2, -0.15) is 0 Å². The monoisotopic (exact) mass is 288 g/mol. The van der Waals surface area contributed by atoms with E-state index in [0.717, 1.165) is 0 Å². The molecule has 3 unspecified atom stereocenters. The molecule has 0 saturated carbocycles. The Bertz CT molecular complexity index is 346. The Morgan fingerprint density at radius 1 is 1.25 bits per heavy atom. The number of nitrogens with two attached hydrogens (primary N) is 1. The molecule has 116 valence electrons. The first kappa shape index (κ1) is 18.4. The first-order valence-corrected chi connectivity index (χ1v) is 6.75. The highest BCUT2D eigenvalue weighted by Crippen LogP contribution is 2.09. The van der Waals surface area contributed by atoms with E-state index in [-0.39, 0.29) is 12.6 Å². The number of rotatable bonds is 9. The zero-order valence-corrected chi connectivity index (χ0v) is 12.2. The molecule has 0 fully saturated rings. The SMILES string of the molecule is CCOC(=O)C(N)C(=O)NC(C)CCCC(C)C(=O)O. The minimum absolute atomic E-state index is 0.169. The number of hydrogen-bond acceptors (Lipinski definition) is 5. The highest BCUT2D eigenvalue weighted by Gasteiger charge is 2.24. The number of nitrogens with one attached hydrogen (secondary N) is 1. The van der Waals surface area contributed by atoms with Crippen LogP contribution in [0, 0.1) is 5.92 Å². The third-order valence-electron chi connectivity index (χ3n) is 2.91. The van der Waals surface area contributed by atoms with E-state index >= 15 is 0 Å². The zero-order chi connectivity index (χ0) is 15.7. The van der Waals surface area contributed by atoms with Gasteiger partial charge in [0.25, 0.3) is 0 Å². The molecule has 0 radical (unpaired) electrons. The third-order valence-corrected chi connectivity index (χ3v) is 2.91. The van der Waals surface area contributed by atoms with Gasteiger partial charge in [0.2, 0.25) is 5.91 Å².